The summed E-state index contributed by atoms with van der Waals surface area (Å²) in [6.07, 6.45) is 0.805. The maximum atomic E-state index is 11.7. The standard InChI is InChI=1S/C8H14O5S/c1-6(8(9)10)14(11,12)7-2-4-13-5-3-7/h6-7H,2-5H2,1H3,(H,9,10)/t6-/m1/s1. The topological polar surface area (TPSA) is 80.7 Å². The first-order valence-electron chi connectivity index (χ1n) is 4.49. The van der Waals surface area contributed by atoms with Crippen LogP contribution in [0, 0.1) is 0 Å². The smallest absolute Gasteiger partial charge is 0.321 e. The minimum atomic E-state index is -3.54. The van der Waals surface area contributed by atoms with Gasteiger partial charge in [-0.2, -0.15) is 0 Å². The van der Waals surface area contributed by atoms with E-state index < -0.39 is 26.3 Å². The molecule has 0 aliphatic carbocycles. The van der Waals surface area contributed by atoms with Crippen LogP contribution in [0.3, 0.4) is 0 Å². The van der Waals surface area contributed by atoms with Gasteiger partial charge in [0.1, 0.15) is 0 Å². The number of carboxylic acid groups (broad SMARTS) is 1. The van der Waals surface area contributed by atoms with Crippen molar-refractivity contribution in [2.75, 3.05) is 13.2 Å². The van der Waals surface area contributed by atoms with Crippen LogP contribution in [0.4, 0.5) is 0 Å². The Morgan fingerprint density at radius 3 is 2.36 bits per heavy atom. The lowest BCUT2D eigenvalue weighted by Crippen LogP contribution is -2.38. The Morgan fingerprint density at radius 1 is 1.43 bits per heavy atom. The number of carboxylic acids is 1. The molecule has 0 aromatic heterocycles. The molecule has 0 unspecified atom stereocenters. The first-order valence-corrected chi connectivity index (χ1v) is 6.10. The first kappa shape index (κ1) is 11.5. The highest BCUT2D eigenvalue weighted by Crippen LogP contribution is 2.20. The molecule has 1 aliphatic rings. The van der Waals surface area contributed by atoms with Crippen LogP contribution in [0.5, 0.6) is 0 Å². The second-order valence-corrected chi connectivity index (χ2v) is 5.93. The highest BCUT2D eigenvalue weighted by Gasteiger charge is 2.36. The normalized spacial score (nSPS) is 21.8. The van der Waals surface area contributed by atoms with Gasteiger partial charge < -0.3 is 9.84 Å². The summed E-state index contributed by atoms with van der Waals surface area (Å²) < 4.78 is 28.4. The van der Waals surface area contributed by atoms with Gasteiger partial charge in [-0.15, -0.1) is 0 Å². The molecule has 0 spiro atoms. The lowest BCUT2D eigenvalue weighted by Gasteiger charge is -2.23. The van der Waals surface area contributed by atoms with Crippen molar-refractivity contribution in [3.63, 3.8) is 0 Å². The first-order chi connectivity index (χ1) is 6.46. The Morgan fingerprint density at radius 2 is 1.93 bits per heavy atom. The zero-order chi connectivity index (χ0) is 10.8. The van der Waals surface area contributed by atoms with Crippen molar-refractivity contribution in [2.45, 2.75) is 30.3 Å². The van der Waals surface area contributed by atoms with Gasteiger partial charge in [0.15, 0.2) is 15.1 Å². The molecule has 1 aliphatic heterocycles. The zero-order valence-corrected chi connectivity index (χ0v) is 8.79. The van der Waals surface area contributed by atoms with Gasteiger partial charge in [-0.05, 0) is 19.8 Å². The fourth-order valence-corrected chi connectivity index (χ4v) is 3.14. The summed E-state index contributed by atoms with van der Waals surface area (Å²) >= 11 is 0. The molecule has 14 heavy (non-hydrogen) atoms. The quantitative estimate of drug-likeness (QED) is 0.730. The van der Waals surface area contributed by atoms with Gasteiger partial charge in [0.2, 0.25) is 0 Å². The molecule has 1 saturated heterocycles. The number of carbonyl (C=O) groups is 1. The molecule has 0 amide bonds. The average molecular weight is 222 g/mol. The molecule has 1 heterocycles. The van der Waals surface area contributed by atoms with Crippen molar-refractivity contribution < 1.29 is 23.1 Å². The average Bonchev–Trinajstić information content (AvgIpc) is 2.18. The van der Waals surface area contributed by atoms with Gasteiger partial charge in [0, 0.05) is 13.2 Å². The summed E-state index contributed by atoms with van der Waals surface area (Å²) in [7, 11) is -3.54. The fraction of sp³-hybridized carbons (Fsp3) is 0.875. The van der Waals surface area contributed by atoms with Crippen LogP contribution in [0.2, 0.25) is 0 Å². The third-order valence-corrected chi connectivity index (χ3v) is 5.06. The number of hydrogen-bond donors (Lipinski definition) is 1. The maximum Gasteiger partial charge on any atom is 0.321 e. The number of hydrogen-bond acceptors (Lipinski definition) is 4. The second kappa shape index (κ2) is 4.27. The van der Waals surface area contributed by atoms with E-state index in [0.717, 1.165) is 0 Å². The van der Waals surface area contributed by atoms with Gasteiger partial charge >= 0.3 is 5.97 Å². The maximum absolute atomic E-state index is 11.7. The molecule has 0 radical (unpaired) electrons. The van der Waals surface area contributed by atoms with E-state index >= 15 is 0 Å². The molecule has 5 nitrogen and oxygen atoms in total. The van der Waals surface area contributed by atoms with Crippen molar-refractivity contribution >= 4 is 15.8 Å². The van der Waals surface area contributed by atoms with E-state index in [9.17, 15) is 13.2 Å². The van der Waals surface area contributed by atoms with Crippen LogP contribution < -0.4 is 0 Å². The Balaban J connectivity index is 2.78. The molecule has 0 saturated carbocycles. The molecule has 6 heteroatoms. The molecule has 1 rings (SSSR count). The summed E-state index contributed by atoms with van der Waals surface area (Å²) in [6.45, 7) is 2.01. The van der Waals surface area contributed by atoms with Crippen LogP contribution >= 0.6 is 0 Å². The van der Waals surface area contributed by atoms with Crippen molar-refractivity contribution in [3.8, 4) is 0 Å². The second-order valence-electron chi connectivity index (χ2n) is 3.38. The van der Waals surface area contributed by atoms with E-state index in [-0.39, 0.29) is 0 Å². The van der Waals surface area contributed by atoms with Crippen LogP contribution in [0.15, 0.2) is 0 Å². The summed E-state index contributed by atoms with van der Waals surface area (Å²) in [5.74, 6) is -1.28. The van der Waals surface area contributed by atoms with E-state index in [0.29, 0.717) is 26.1 Å². The third-order valence-electron chi connectivity index (χ3n) is 2.47. The highest BCUT2D eigenvalue weighted by atomic mass is 32.2. The van der Waals surface area contributed by atoms with Gasteiger partial charge in [-0.25, -0.2) is 8.42 Å². The van der Waals surface area contributed by atoms with Crippen molar-refractivity contribution in [3.05, 3.63) is 0 Å². The molecule has 1 fully saturated rings. The molecular weight excluding hydrogens is 208 g/mol. The Hall–Kier alpha value is -0.620. The molecule has 1 atom stereocenters. The van der Waals surface area contributed by atoms with E-state index in [1.807, 2.05) is 0 Å². The molecule has 82 valence electrons. The number of aliphatic carboxylic acids is 1. The van der Waals surface area contributed by atoms with E-state index in [1.54, 1.807) is 0 Å². The third kappa shape index (κ3) is 2.24. The predicted molar refractivity (Wildman–Crippen MR) is 49.9 cm³/mol. The van der Waals surface area contributed by atoms with Crippen molar-refractivity contribution in [2.24, 2.45) is 0 Å². The lowest BCUT2D eigenvalue weighted by molar-refractivity contribution is -0.136. The number of ether oxygens (including phenoxy) is 1. The van der Waals surface area contributed by atoms with E-state index in [4.69, 9.17) is 9.84 Å². The fourth-order valence-electron chi connectivity index (χ4n) is 1.43. The molecular formula is C8H14O5S. The van der Waals surface area contributed by atoms with Crippen molar-refractivity contribution in [1.29, 1.82) is 0 Å². The highest BCUT2D eigenvalue weighted by molar-refractivity contribution is 7.93. The Labute approximate surface area is 83.0 Å². The Kier molecular flexibility index (Phi) is 3.49. The largest absolute Gasteiger partial charge is 0.480 e. The summed E-state index contributed by atoms with van der Waals surface area (Å²) in [5.41, 5.74) is 0. The van der Waals surface area contributed by atoms with Crippen LogP contribution in [-0.4, -0.2) is 43.2 Å². The predicted octanol–water partition coefficient (Wildman–Crippen LogP) is 0.0533. The van der Waals surface area contributed by atoms with Crippen LogP contribution in [-0.2, 0) is 19.4 Å². The van der Waals surface area contributed by atoms with Crippen LogP contribution in [0.25, 0.3) is 0 Å². The van der Waals surface area contributed by atoms with Gasteiger partial charge in [-0.1, -0.05) is 0 Å². The molecule has 0 aromatic carbocycles. The van der Waals surface area contributed by atoms with Crippen LogP contribution in [0.1, 0.15) is 19.8 Å². The monoisotopic (exact) mass is 222 g/mol. The summed E-state index contributed by atoms with van der Waals surface area (Å²) in [5, 5.41) is 6.77. The SMILES string of the molecule is C[C@H](C(=O)O)S(=O)(=O)C1CCOCC1. The van der Waals surface area contributed by atoms with E-state index in [2.05, 4.69) is 0 Å². The molecule has 0 bridgehead atoms. The molecule has 1 N–H and O–H groups in total. The number of rotatable bonds is 3. The zero-order valence-electron chi connectivity index (χ0n) is 7.97. The number of sulfone groups is 1. The van der Waals surface area contributed by atoms with Gasteiger partial charge in [0.25, 0.3) is 0 Å². The minimum absolute atomic E-state index is 0.399. The van der Waals surface area contributed by atoms with Crippen molar-refractivity contribution in [1.82, 2.24) is 0 Å². The van der Waals surface area contributed by atoms with Gasteiger partial charge in [0.05, 0.1) is 5.25 Å². The van der Waals surface area contributed by atoms with Gasteiger partial charge in [-0.3, -0.25) is 4.79 Å². The minimum Gasteiger partial charge on any atom is -0.480 e. The summed E-state index contributed by atoms with van der Waals surface area (Å²) in [4.78, 5) is 10.6. The summed E-state index contributed by atoms with van der Waals surface area (Å²) in [6, 6.07) is 0. The molecule has 0 aromatic rings. The van der Waals surface area contributed by atoms with E-state index in [1.165, 1.54) is 6.92 Å². The lowest BCUT2D eigenvalue weighted by atomic mass is 10.2. The Bertz CT molecular complexity index is 302.